The molecule has 0 amide bonds. The molecule has 0 spiro atoms. The fraction of sp³-hybridized carbons (Fsp3) is 0.706. The van der Waals surface area contributed by atoms with E-state index in [2.05, 4.69) is 68.9 Å². The summed E-state index contributed by atoms with van der Waals surface area (Å²) in [6.45, 7) is 15.5. The molecular weight excluding hydrogens is 246 g/mol. The maximum atomic E-state index is 4.65. The monoisotopic (exact) mass is 275 g/mol. The van der Waals surface area contributed by atoms with E-state index in [0.717, 1.165) is 24.5 Å². The summed E-state index contributed by atoms with van der Waals surface area (Å²) in [7, 11) is 0. The second-order valence-corrected chi connectivity index (χ2v) is 6.78. The van der Waals surface area contributed by atoms with Gasteiger partial charge in [-0.2, -0.15) is 0 Å². The van der Waals surface area contributed by atoms with E-state index in [4.69, 9.17) is 0 Å². The fourth-order valence-electron chi connectivity index (χ4n) is 3.10. The molecule has 1 aromatic heterocycles. The third kappa shape index (κ3) is 3.14. The van der Waals surface area contributed by atoms with E-state index >= 15 is 0 Å². The highest BCUT2D eigenvalue weighted by molar-refractivity contribution is 5.52. The molecule has 0 saturated carbocycles. The molecule has 2 atom stereocenters. The number of pyridine rings is 1. The number of hydrogen-bond acceptors (Lipinski definition) is 3. The van der Waals surface area contributed by atoms with Gasteiger partial charge in [-0.1, -0.05) is 27.7 Å². The molecule has 0 bridgehead atoms. The van der Waals surface area contributed by atoms with Crippen molar-refractivity contribution >= 4 is 5.69 Å². The molecule has 0 aliphatic carbocycles. The second kappa shape index (κ2) is 6.13. The average Bonchev–Trinajstić information content (AvgIpc) is 2.37. The first-order valence-corrected chi connectivity index (χ1v) is 7.84. The highest BCUT2D eigenvalue weighted by atomic mass is 15.2. The van der Waals surface area contributed by atoms with Crippen LogP contribution in [0.25, 0.3) is 0 Å². The van der Waals surface area contributed by atoms with Crippen molar-refractivity contribution in [3.63, 3.8) is 0 Å². The first-order valence-electron chi connectivity index (χ1n) is 7.84. The van der Waals surface area contributed by atoms with E-state index in [-0.39, 0.29) is 0 Å². The summed E-state index contributed by atoms with van der Waals surface area (Å²) in [5, 5.41) is 3.72. The van der Waals surface area contributed by atoms with Gasteiger partial charge in [0.25, 0.3) is 0 Å². The zero-order valence-corrected chi connectivity index (χ0v) is 13.8. The van der Waals surface area contributed by atoms with Crippen molar-refractivity contribution in [3.05, 3.63) is 23.5 Å². The molecular formula is C17H29N3. The second-order valence-electron chi connectivity index (χ2n) is 6.78. The summed E-state index contributed by atoms with van der Waals surface area (Å²) >= 11 is 0. The maximum absolute atomic E-state index is 4.65. The number of rotatable bonds is 3. The van der Waals surface area contributed by atoms with Crippen LogP contribution in [0.5, 0.6) is 0 Å². The molecule has 2 rings (SSSR count). The number of anilines is 1. The largest absolute Gasteiger partial charge is 0.364 e. The highest BCUT2D eigenvalue weighted by Gasteiger charge is 2.32. The standard InChI is InChI=1S/C17H29N3/c1-11(2)15-10-20(17(9-18-15)12(3)4)16-8-7-13(5)19-14(16)6/h7-8,11-12,15,17-18H,9-10H2,1-6H3. The van der Waals surface area contributed by atoms with Gasteiger partial charge in [0.05, 0.1) is 11.4 Å². The Morgan fingerprint density at radius 3 is 2.40 bits per heavy atom. The molecule has 1 aromatic rings. The van der Waals surface area contributed by atoms with E-state index < -0.39 is 0 Å². The summed E-state index contributed by atoms with van der Waals surface area (Å²) < 4.78 is 0. The lowest BCUT2D eigenvalue weighted by Crippen LogP contribution is -2.60. The van der Waals surface area contributed by atoms with Crippen LogP contribution in [0, 0.1) is 25.7 Å². The van der Waals surface area contributed by atoms with Gasteiger partial charge in [-0.05, 0) is 37.8 Å². The molecule has 3 nitrogen and oxygen atoms in total. The van der Waals surface area contributed by atoms with Crippen molar-refractivity contribution in [2.75, 3.05) is 18.0 Å². The van der Waals surface area contributed by atoms with Crippen molar-refractivity contribution in [2.45, 2.75) is 53.6 Å². The van der Waals surface area contributed by atoms with Crippen LogP contribution < -0.4 is 10.2 Å². The van der Waals surface area contributed by atoms with E-state index in [1.54, 1.807) is 0 Å². The fourth-order valence-corrected chi connectivity index (χ4v) is 3.10. The summed E-state index contributed by atoms with van der Waals surface area (Å²) in [6.07, 6.45) is 0. The Hall–Kier alpha value is -1.09. The average molecular weight is 275 g/mol. The lowest BCUT2D eigenvalue weighted by atomic mass is 9.93. The lowest BCUT2D eigenvalue weighted by Gasteiger charge is -2.45. The zero-order valence-electron chi connectivity index (χ0n) is 13.8. The molecule has 1 aliphatic rings. The van der Waals surface area contributed by atoms with Gasteiger partial charge in [0.1, 0.15) is 0 Å². The topological polar surface area (TPSA) is 28.2 Å². The molecule has 0 aromatic carbocycles. The Kier molecular flexibility index (Phi) is 4.69. The molecule has 1 fully saturated rings. The first kappa shape index (κ1) is 15.3. The molecule has 112 valence electrons. The SMILES string of the molecule is Cc1ccc(N2CC(C(C)C)NCC2C(C)C)c(C)n1. The van der Waals surface area contributed by atoms with Gasteiger partial charge >= 0.3 is 0 Å². The van der Waals surface area contributed by atoms with Crippen LogP contribution in [0.3, 0.4) is 0 Å². The third-order valence-electron chi connectivity index (χ3n) is 4.46. The van der Waals surface area contributed by atoms with Crippen molar-refractivity contribution in [3.8, 4) is 0 Å². The lowest BCUT2D eigenvalue weighted by molar-refractivity contribution is 0.295. The molecule has 2 unspecified atom stereocenters. The van der Waals surface area contributed by atoms with Gasteiger partial charge in [0.2, 0.25) is 0 Å². The van der Waals surface area contributed by atoms with E-state index in [1.807, 2.05) is 0 Å². The maximum Gasteiger partial charge on any atom is 0.0609 e. The van der Waals surface area contributed by atoms with Gasteiger partial charge in [-0.25, -0.2) is 0 Å². The number of nitrogens with one attached hydrogen (secondary N) is 1. The minimum atomic E-state index is 0.549. The Morgan fingerprint density at radius 1 is 1.15 bits per heavy atom. The number of hydrogen-bond donors (Lipinski definition) is 1. The smallest absolute Gasteiger partial charge is 0.0609 e. The number of aromatic nitrogens is 1. The van der Waals surface area contributed by atoms with Crippen LogP contribution in [-0.2, 0) is 0 Å². The summed E-state index contributed by atoms with van der Waals surface area (Å²) in [4.78, 5) is 7.23. The normalized spacial score (nSPS) is 23.7. The first-order chi connectivity index (χ1) is 9.40. The van der Waals surface area contributed by atoms with Crippen LogP contribution in [0.2, 0.25) is 0 Å². The molecule has 0 radical (unpaired) electrons. The molecule has 20 heavy (non-hydrogen) atoms. The molecule has 3 heteroatoms. The summed E-state index contributed by atoms with van der Waals surface area (Å²) in [6, 6.07) is 5.49. The van der Waals surface area contributed by atoms with Gasteiger partial charge < -0.3 is 10.2 Å². The van der Waals surface area contributed by atoms with Gasteiger partial charge in [-0.3, -0.25) is 4.98 Å². The minimum absolute atomic E-state index is 0.549. The van der Waals surface area contributed by atoms with E-state index in [0.29, 0.717) is 23.9 Å². The van der Waals surface area contributed by atoms with Crippen molar-refractivity contribution < 1.29 is 0 Å². The Balaban J connectivity index is 2.31. The summed E-state index contributed by atoms with van der Waals surface area (Å²) in [5.41, 5.74) is 3.56. The van der Waals surface area contributed by atoms with Crippen molar-refractivity contribution in [1.82, 2.24) is 10.3 Å². The predicted octanol–water partition coefficient (Wildman–Crippen LogP) is 3.16. The molecule has 2 heterocycles. The van der Waals surface area contributed by atoms with Gasteiger partial charge in [0.15, 0.2) is 0 Å². The minimum Gasteiger partial charge on any atom is -0.364 e. The van der Waals surface area contributed by atoms with Gasteiger partial charge in [-0.15, -0.1) is 0 Å². The van der Waals surface area contributed by atoms with E-state index in [9.17, 15) is 0 Å². The van der Waals surface area contributed by atoms with Crippen LogP contribution in [0.1, 0.15) is 39.1 Å². The van der Waals surface area contributed by atoms with Gasteiger partial charge in [0, 0.05) is 30.9 Å². The van der Waals surface area contributed by atoms with Crippen molar-refractivity contribution in [1.29, 1.82) is 0 Å². The Bertz CT molecular complexity index is 454. The molecule has 1 N–H and O–H groups in total. The van der Waals surface area contributed by atoms with Crippen LogP contribution in [0.4, 0.5) is 5.69 Å². The van der Waals surface area contributed by atoms with E-state index in [1.165, 1.54) is 5.69 Å². The van der Waals surface area contributed by atoms with Crippen LogP contribution >= 0.6 is 0 Å². The molecule has 1 aliphatic heterocycles. The van der Waals surface area contributed by atoms with Crippen molar-refractivity contribution in [2.24, 2.45) is 11.8 Å². The highest BCUT2D eigenvalue weighted by Crippen LogP contribution is 2.27. The quantitative estimate of drug-likeness (QED) is 0.918. The predicted molar refractivity (Wildman–Crippen MR) is 86.3 cm³/mol. The summed E-state index contributed by atoms with van der Waals surface area (Å²) in [5.74, 6) is 1.29. The third-order valence-corrected chi connectivity index (χ3v) is 4.46. The number of aryl methyl sites for hydroxylation is 2. The number of piperazine rings is 1. The zero-order chi connectivity index (χ0) is 14.9. The van der Waals surface area contributed by atoms with Crippen LogP contribution in [-0.4, -0.2) is 30.2 Å². The molecule has 1 saturated heterocycles. The Labute approximate surface area is 123 Å². The van der Waals surface area contributed by atoms with Crippen LogP contribution in [0.15, 0.2) is 12.1 Å². The Morgan fingerprint density at radius 2 is 1.85 bits per heavy atom. The number of nitrogens with zero attached hydrogens (tertiary/aromatic N) is 2.